The molecule has 0 aromatic carbocycles. The van der Waals surface area contributed by atoms with Crippen molar-refractivity contribution in [2.75, 3.05) is 29.9 Å². The lowest BCUT2D eigenvalue weighted by Gasteiger charge is -2.39. The zero-order chi connectivity index (χ0) is 25.0. The summed E-state index contributed by atoms with van der Waals surface area (Å²) in [4.78, 5) is 9.76. The van der Waals surface area contributed by atoms with Gasteiger partial charge in [0.25, 0.3) is 0 Å². The summed E-state index contributed by atoms with van der Waals surface area (Å²) >= 11 is 0. The number of alkyl halides is 6. The van der Waals surface area contributed by atoms with Gasteiger partial charge in [0.05, 0.1) is 0 Å². The summed E-state index contributed by atoms with van der Waals surface area (Å²) in [6, 6.07) is 5.68. The molecule has 188 valence electrons. The number of ether oxygens (including phenoxy) is 1. The van der Waals surface area contributed by atoms with Crippen LogP contribution in [0.4, 0.5) is 38.0 Å². The molecular formula is C22H22F6N6O. The van der Waals surface area contributed by atoms with Gasteiger partial charge in [0.1, 0.15) is 5.69 Å². The van der Waals surface area contributed by atoms with Gasteiger partial charge in [-0.25, -0.2) is 4.52 Å². The second-order valence-corrected chi connectivity index (χ2v) is 8.98. The number of aromatic nitrogens is 4. The van der Waals surface area contributed by atoms with E-state index in [1.165, 1.54) is 16.8 Å². The molecule has 1 saturated carbocycles. The summed E-state index contributed by atoms with van der Waals surface area (Å²) in [5, 5.41) is 7.74. The van der Waals surface area contributed by atoms with Crippen LogP contribution in [0.1, 0.15) is 24.2 Å². The van der Waals surface area contributed by atoms with Crippen LogP contribution in [0.2, 0.25) is 0 Å². The first-order valence-electron chi connectivity index (χ1n) is 11.1. The number of hydrogen-bond acceptors (Lipinski definition) is 6. The number of nitrogens with one attached hydrogen (secondary N) is 1. The number of anilines is 2. The molecular weight excluding hydrogens is 478 g/mol. The predicted octanol–water partition coefficient (Wildman–Crippen LogP) is 4.72. The Bertz CT molecular complexity index is 1210. The molecule has 1 aliphatic carbocycles. The highest BCUT2D eigenvalue weighted by atomic mass is 19.4. The van der Waals surface area contributed by atoms with Gasteiger partial charge in [0.15, 0.2) is 18.0 Å². The van der Waals surface area contributed by atoms with Crippen LogP contribution >= 0.6 is 0 Å². The number of nitrogens with zero attached hydrogens (tertiary/aromatic N) is 5. The monoisotopic (exact) mass is 500 g/mol. The van der Waals surface area contributed by atoms with Crippen molar-refractivity contribution < 1.29 is 31.1 Å². The molecule has 13 heteroatoms. The number of aryl methyl sites for hydroxylation is 1. The van der Waals surface area contributed by atoms with Crippen LogP contribution in [0, 0.1) is 18.8 Å². The maximum Gasteiger partial charge on any atom is 0.433 e. The van der Waals surface area contributed by atoms with Crippen LogP contribution in [-0.2, 0) is 6.18 Å². The van der Waals surface area contributed by atoms with Crippen molar-refractivity contribution in [1.82, 2.24) is 19.6 Å². The molecule has 2 fully saturated rings. The van der Waals surface area contributed by atoms with Crippen LogP contribution in [0.25, 0.3) is 5.65 Å². The molecule has 1 N–H and O–H groups in total. The lowest BCUT2D eigenvalue weighted by molar-refractivity contribution is -0.153. The molecule has 7 nitrogen and oxygen atoms in total. The smallest absolute Gasteiger partial charge is 0.433 e. The van der Waals surface area contributed by atoms with E-state index >= 15 is 0 Å². The highest BCUT2D eigenvalue weighted by Gasteiger charge is 2.43. The van der Waals surface area contributed by atoms with Gasteiger partial charge in [-0.3, -0.25) is 4.98 Å². The lowest BCUT2D eigenvalue weighted by Crippen LogP contribution is -2.48. The quantitative estimate of drug-likeness (QED) is 0.512. The van der Waals surface area contributed by atoms with Gasteiger partial charge in [-0.1, -0.05) is 0 Å². The van der Waals surface area contributed by atoms with Gasteiger partial charge in [0.2, 0.25) is 5.95 Å². The van der Waals surface area contributed by atoms with E-state index < -0.39 is 24.7 Å². The van der Waals surface area contributed by atoms with E-state index in [2.05, 4.69) is 20.4 Å². The first-order chi connectivity index (χ1) is 16.5. The third-order valence-electron chi connectivity index (χ3n) is 6.56. The van der Waals surface area contributed by atoms with E-state index in [0.717, 1.165) is 18.9 Å². The Balaban J connectivity index is 1.33. The summed E-state index contributed by atoms with van der Waals surface area (Å²) in [7, 11) is 0. The summed E-state index contributed by atoms with van der Waals surface area (Å²) in [5.74, 6) is 0.536. The minimum atomic E-state index is -4.51. The summed E-state index contributed by atoms with van der Waals surface area (Å²) in [5.41, 5.74) is 0.417. The van der Waals surface area contributed by atoms with Crippen molar-refractivity contribution in [3.8, 4) is 5.75 Å². The largest absolute Gasteiger partial charge is 0.480 e. The number of piperidine rings is 1. The fourth-order valence-electron chi connectivity index (χ4n) is 4.98. The lowest BCUT2D eigenvalue weighted by atomic mass is 9.92. The fourth-order valence-corrected chi connectivity index (χ4v) is 4.98. The second-order valence-electron chi connectivity index (χ2n) is 8.98. The Morgan fingerprint density at radius 1 is 1.06 bits per heavy atom. The molecule has 4 heterocycles. The van der Waals surface area contributed by atoms with Gasteiger partial charge in [0, 0.05) is 36.7 Å². The van der Waals surface area contributed by atoms with Crippen molar-refractivity contribution in [1.29, 1.82) is 0 Å². The van der Waals surface area contributed by atoms with Crippen LogP contribution in [-0.4, -0.2) is 51.5 Å². The van der Waals surface area contributed by atoms with E-state index in [1.54, 1.807) is 19.1 Å². The number of hydrogen-bond donors (Lipinski definition) is 1. The van der Waals surface area contributed by atoms with Crippen LogP contribution in [0.15, 0.2) is 30.5 Å². The Morgan fingerprint density at radius 3 is 2.43 bits per heavy atom. The standard InChI is InChI=1S/C22H22F6N6O/c1-12-2-5-16(35-11-21(23,24)25)19-31-20(32-34(12)19)30-18-13-3-4-14(18)10-33(9-13)15-6-7-29-17(8-15)22(26,27)28/h2,5-8,13-14,18H,3-4,9-11H2,1H3,(H,30,32)/t13-,14?,18-/m0/s1. The van der Waals surface area contributed by atoms with Crippen molar-refractivity contribution in [3.63, 3.8) is 0 Å². The van der Waals surface area contributed by atoms with E-state index in [1.807, 2.05) is 4.90 Å². The Hall–Kier alpha value is -3.25. The molecule has 1 aliphatic heterocycles. The zero-order valence-electron chi connectivity index (χ0n) is 18.6. The maximum atomic E-state index is 13.1. The second kappa shape index (κ2) is 8.45. The Kier molecular flexibility index (Phi) is 5.67. The van der Waals surface area contributed by atoms with Crippen molar-refractivity contribution >= 4 is 17.3 Å². The fraction of sp³-hybridized carbons (Fsp3) is 0.500. The molecule has 0 radical (unpaired) electrons. The van der Waals surface area contributed by atoms with Crippen LogP contribution in [0.5, 0.6) is 5.75 Å². The van der Waals surface area contributed by atoms with Gasteiger partial charge < -0.3 is 15.0 Å². The molecule has 2 bridgehead atoms. The normalized spacial score (nSPS) is 22.6. The molecule has 0 spiro atoms. The summed E-state index contributed by atoms with van der Waals surface area (Å²) in [6.07, 6.45) is -6.03. The van der Waals surface area contributed by atoms with E-state index in [9.17, 15) is 26.3 Å². The third kappa shape index (κ3) is 4.80. The first-order valence-corrected chi connectivity index (χ1v) is 11.1. The first kappa shape index (κ1) is 23.5. The maximum absolute atomic E-state index is 13.1. The Labute approximate surface area is 196 Å². The van der Waals surface area contributed by atoms with Crippen molar-refractivity contribution in [3.05, 3.63) is 41.9 Å². The molecule has 3 atom stereocenters. The molecule has 35 heavy (non-hydrogen) atoms. The Morgan fingerprint density at radius 2 is 1.77 bits per heavy atom. The van der Waals surface area contributed by atoms with Gasteiger partial charge in [-0.2, -0.15) is 31.3 Å². The molecule has 3 aromatic rings. The molecule has 1 saturated heterocycles. The SMILES string of the molecule is Cc1ccc(OCC(F)(F)F)c2nc(N[C@@H]3C4CC[C@H]3CN(c3ccnc(C(F)(F)F)c3)C4)nn12. The minimum absolute atomic E-state index is 0.00700. The molecule has 1 unspecified atom stereocenters. The number of halogens is 6. The average Bonchev–Trinajstić information content (AvgIpc) is 3.30. The number of pyridine rings is 2. The summed E-state index contributed by atoms with van der Waals surface area (Å²) in [6.45, 7) is 1.43. The highest BCUT2D eigenvalue weighted by Crippen LogP contribution is 2.41. The molecule has 2 aliphatic rings. The minimum Gasteiger partial charge on any atom is -0.480 e. The van der Waals surface area contributed by atoms with E-state index in [0.29, 0.717) is 24.5 Å². The van der Waals surface area contributed by atoms with E-state index in [-0.39, 0.29) is 35.2 Å². The van der Waals surface area contributed by atoms with Crippen LogP contribution < -0.4 is 15.0 Å². The predicted molar refractivity (Wildman–Crippen MR) is 114 cm³/mol. The third-order valence-corrected chi connectivity index (χ3v) is 6.56. The van der Waals surface area contributed by atoms with E-state index in [4.69, 9.17) is 4.74 Å². The van der Waals surface area contributed by atoms with Crippen LogP contribution in [0.3, 0.4) is 0 Å². The van der Waals surface area contributed by atoms with Crippen molar-refractivity contribution in [2.24, 2.45) is 11.8 Å². The topological polar surface area (TPSA) is 67.6 Å². The average molecular weight is 500 g/mol. The molecule has 5 rings (SSSR count). The summed E-state index contributed by atoms with van der Waals surface area (Å²) < 4.78 is 83.5. The highest BCUT2D eigenvalue weighted by molar-refractivity contribution is 5.57. The van der Waals surface area contributed by atoms with Gasteiger partial charge in [-0.05, 0) is 55.9 Å². The zero-order valence-corrected chi connectivity index (χ0v) is 18.6. The van der Waals surface area contributed by atoms with Gasteiger partial charge >= 0.3 is 12.4 Å². The van der Waals surface area contributed by atoms with Gasteiger partial charge in [-0.15, -0.1) is 5.10 Å². The van der Waals surface area contributed by atoms with Crippen molar-refractivity contribution in [2.45, 2.75) is 38.2 Å². The molecule has 0 amide bonds. The number of fused-ring (bicyclic) bond motifs is 3. The molecule has 3 aromatic heterocycles. The number of rotatable bonds is 5.